The average molecular weight is 384 g/mol. The monoisotopic (exact) mass is 383 g/mol. The summed E-state index contributed by atoms with van der Waals surface area (Å²) in [5.41, 5.74) is 6.45. The van der Waals surface area contributed by atoms with Crippen LogP contribution in [-0.2, 0) is 9.53 Å². The maximum atomic E-state index is 12.7. The highest BCUT2D eigenvalue weighted by Gasteiger charge is 2.31. The Morgan fingerprint density at radius 3 is 2.73 bits per heavy atom. The zero-order valence-corrected chi connectivity index (χ0v) is 16.1. The van der Waals surface area contributed by atoms with Gasteiger partial charge in [-0.15, -0.1) is 0 Å². The zero-order chi connectivity index (χ0) is 19.3. The maximum Gasteiger partial charge on any atom is 0.255 e. The van der Waals surface area contributed by atoms with E-state index in [2.05, 4.69) is 10.2 Å². The molecule has 0 unspecified atom stereocenters. The van der Waals surface area contributed by atoms with E-state index in [1.165, 1.54) is 19.2 Å². The third-order valence-corrected chi connectivity index (χ3v) is 4.93. The number of halogens is 1. The first-order valence-corrected chi connectivity index (χ1v) is 8.92. The number of likely N-dealkylation sites (tertiary alicyclic amines) is 1. The third-order valence-electron chi connectivity index (χ3n) is 4.61. The molecule has 0 aliphatic carbocycles. The molecule has 0 radical (unpaired) electrons. The minimum Gasteiger partial charge on any atom is -0.496 e. The Morgan fingerprint density at radius 2 is 2.12 bits per heavy atom. The first-order chi connectivity index (χ1) is 12.3. The first kappa shape index (κ1) is 20.5. The van der Waals surface area contributed by atoms with Crippen LogP contribution in [0.3, 0.4) is 0 Å². The number of benzene rings is 1. The maximum absolute atomic E-state index is 12.7. The van der Waals surface area contributed by atoms with E-state index in [0.29, 0.717) is 41.5 Å². The highest BCUT2D eigenvalue weighted by molar-refractivity contribution is 6.33. The van der Waals surface area contributed by atoms with E-state index in [4.69, 9.17) is 26.8 Å². The van der Waals surface area contributed by atoms with Gasteiger partial charge < -0.3 is 25.4 Å². The van der Waals surface area contributed by atoms with Crippen molar-refractivity contribution in [2.24, 2.45) is 0 Å². The predicted octanol–water partition coefficient (Wildman–Crippen LogP) is 1.73. The molecule has 2 rings (SSSR count). The van der Waals surface area contributed by atoms with Gasteiger partial charge in [0.25, 0.3) is 5.91 Å². The fourth-order valence-electron chi connectivity index (χ4n) is 3.06. The van der Waals surface area contributed by atoms with Gasteiger partial charge in [-0.2, -0.15) is 0 Å². The molecule has 0 spiro atoms. The second-order valence-corrected chi connectivity index (χ2v) is 6.88. The van der Waals surface area contributed by atoms with Gasteiger partial charge in [-0.1, -0.05) is 11.6 Å². The summed E-state index contributed by atoms with van der Waals surface area (Å²) in [6.07, 6.45) is 1.09. The number of hydrogen-bond acceptors (Lipinski definition) is 6. The standard InChI is InChI=1S/C18H26ClN3O4/c1-11(23)4-6-22-7-5-15(17(10-22)26-3)21-18(24)12-8-13(19)14(20)9-16(12)25-2/h8-9,15,17H,4-7,10,20H2,1-3H3,(H,21,24)/t15-,17+/m1/s1. The fourth-order valence-corrected chi connectivity index (χ4v) is 3.23. The Hall–Kier alpha value is -1.83. The van der Waals surface area contributed by atoms with Gasteiger partial charge in [0.2, 0.25) is 0 Å². The molecule has 26 heavy (non-hydrogen) atoms. The van der Waals surface area contributed by atoms with Gasteiger partial charge in [-0.25, -0.2) is 0 Å². The molecule has 1 fully saturated rings. The van der Waals surface area contributed by atoms with Crippen molar-refractivity contribution in [3.8, 4) is 5.75 Å². The fraction of sp³-hybridized carbons (Fsp3) is 0.556. The number of nitrogens with zero attached hydrogens (tertiary/aromatic N) is 1. The van der Waals surface area contributed by atoms with E-state index in [1.807, 2.05) is 0 Å². The van der Waals surface area contributed by atoms with Crippen LogP contribution in [0.4, 0.5) is 5.69 Å². The summed E-state index contributed by atoms with van der Waals surface area (Å²) in [7, 11) is 3.10. The number of ether oxygens (including phenoxy) is 2. The Labute approximate surface area is 158 Å². The summed E-state index contributed by atoms with van der Waals surface area (Å²) in [6.45, 7) is 3.75. The van der Waals surface area contributed by atoms with Crippen LogP contribution in [0.15, 0.2) is 12.1 Å². The Bertz CT molecular complexity index is 668. The zero-order valence-electron chi connectivity index (χ0n) is 15.4. The minimum atomic E-state index is -0.284. The largest absolute Gasteiger partial charge is 0.496 e. The summed E-state index contributed by atoms with van der Waals surface area (Å²) in [6, 6.07) is 2.91. The number of Topliss-reactive ketones (excluding diaryl/α,β-unsaturated/α-hetero) is 1. The second-order valence-electron chi connectivity index (χ2n) is 6.47. The minimum absolute atomic E-state index is 0.137. The van der Waals surface area contributed by atoms with E-state index >= 15 is 0 Å². The number of hydrogen-bond donors (Lipinski definition) is 2. The van der Waals surface area contributed by atoms with Gasteiger partial charge in [0.1, 0.15) is 11.5 Å². The van der Waals surface area contributed by atoms with Crippen molar-refractivity contribution in [3.05, 3.63) is 22.7 Å². The molecule has 1 saturated heterocycles. The number of ketones is 1. The van der Waals surface area contributed by atoms with Crippen molar-refractivity contribution in [2.45, 2.75) is 31.9 Å². The molecule has 1 heterocycles. The molecule has 0 bridgehead atoms. The van der Waals surface area contributed by atoms with Crippen LogP contribution in [0, 0.1) is 0 Å². The van der Waals surface area contributed by atoms with Crippen LogP contribution < -0.4 is 15.8 Å². The normalized spacial score (nSPS) is 20.6. The molecule has 3 N–H and O–H groups in total. The lowest BCUT2D eigenvalue weighted by atomic mass is 10.0. The van der Waals surface area contributed by atoms with Crippen molar-refractivity contribution in [1.29, 1.82) is 0 Å². The number of methoxy groups -OCH3 is 2. The summed E-state index contributed by atoms with van der Waals surface area (Å²) >= 11 is 6.05. The lowest BCUT2D eigenvalue weighted by Crippen LogP contribution is -2.55. The highest BCUT2D eigenvalue weighted by atomic mass is 35.5. The number of nitrogens with one attached hydrogen (secondary N) is 1. The van der Waals surface area contributed by atoms with E-state index in [0.717, 1.165) is 13.0 Å². The van der Waals surface area contributed by atoms with Gasteiger partial charge in [-0.3, -0.25) is 9.59 Å². The van der Waals surface area contributed by atoms with Crippen molar-refractivity contribution in [2.75, 3.05) is 39.6 Å². The van der Waals surface area contributed by atoms with E-state index < -0.39 is 0 Å². The molecule has 1 aromatic rings. The molecule has 1 amide bonds. The predicted molar refractivity (Wildman–Crippen MR) is 101 cm³/mol. The van der Waals surface area contributed by atoms with Crippen molar-refractivity contribution in [1.82, 2.24) is 10.2 Å². The number of carbonyl (C=O) groups is 2. The Morgan fingerprint density at radius 1 is 1.38 bits per heavy atom. The summed E-state index contributed by atoms with van der Waals surface area (Å²) in [5.74, 6) is 0.256. The lowest BCUT2D eigenvalue weighted by molar-refractivity contribution is -0.117. The molecule has 7 nitrogen and oxygen atoms in total. The summed E-state index contributed by atoms with van der Waals surface area (Å²) < 4.78 is 10.8. The SMILES string of the molecule is COc1cc(N)c(Cl)cc1C(=O)N[C@@H]1CCN(CCC(C)=O)C[C@@H]1OC. The second kappa shape index (κ2) is 9.21. The first-order valence-electron chi connectivity index (χ1n) is 8.54. The number of amides is 1. The van der Waals surface area contributed by atoms with Crippen molar-refractivity contribution >= 4 is 29.0 Å². The average Bonchev–Trinajstić information content (AvgIpc) is 2.62. The molecule has 2 atom stereocenters. The van der Waals surface area contributed by atoms with Gasteiger partial charge >= 0.3 is 0 Å². The van der Waals surface area contributed by atoms with Crippen molar-refractivity contribution in [3.63, 3.8) is 0 Å². The number of rotatable bonds is 7. The van der Waals surface area contributed by atoms with E-state index in [1.54, 1.807) is 14.0 Å². The molecule has 1 aliphatic rings. The molecule has 0 saturated carbocycles. The molecule has 1 aromatic carbocycles. The van der Waals surface area contributed by atoms with Gasteiger partial charge in [0, 0.05) is 39.2 Å². The van der Waals surface area contributed by atoms with Gasteiger partial charge in [0.15, 0.2) is 0 Å². The lowest BCUT2D eigenvalue weighted by Gasteiger charge is -2.38. The van der Waals surface area contributed by atoms with Crippen LogP contribution in [0.1, 0.15) is 30.1 Å². The topological polar surface area (TPSA) is 93.9 Å². The summed E-state index contributed by atoms with van der Waals surface area (Å²) in [4.78, 5) is 26.1. The number of anilines is 1. The third kappa shape index (κ3) is 5.09. The molecule has 0 aromatic heterocycles. The van der Waals surface area contributed by atoms with Crippen LogP contribution in [0.5, 0.6) is 5.75 Å². The number of nitrogen functional groups attached to an aromatic ring is 1. The van der Waals surface area contributed by atoms with Crippen molar-refractivity contribution < 1.29 is 19.1 Å². The van der Waals surface area contributed by atoms with Gasteiger partial charge in [-0.05, 0) is 19.4 Å². The Balaban J connectivity index is 2.05. The molecule has 144 valence electrons. The number of carbonyl (C=O) groups excluding carboxylic acids is 2. The summed E-state index contributed by atoms with van der Waals surface area (Å²) in [5, 5.41) is 3.31. The quantitative estimate of drug-likeness (QED) is 0.696. The molecular weight excluding hydrogens is 358 g/mol. The number of piperidine rings is 1. The van der Waals surface area contributed by atoms with Crippen LogP contribution in [0.25, 0.3) is 0 Å². The highest BCUT2D eigenvalue weighted by Crippen LogP contribution is 2.29. The van der Waals surface area contributed by atoms with Crippen LogP contribution in [-0.4, -0.2) is 62.6 Å². The van der Waals surface area contributed by atoms with Gasteiger partial charge in [0.05, 0.1) is 35.5 Å². The molecule has 8 heteroatoms. The Kier molecular flexibility index (Phi) is 7.25. The van der Waals surface area contributed by atoms with Crippen LogP contribution in [0.2, 0.25) is 5.02 Å². The number of nitrogens with two attached hydrogens (primary N) is 1. The van der Waals surface area contributed by atoms with E-state index in [-0.39, 0.29) is 23.8 Å². The van der Waals surface area contributed by atoms with Crippen LogP contribution >= 0.6 is 11.6 Å². The van der Waals surface area contributed by atoms with E-state index in [9.17, 15) is 9.59 Å². The molecule has 1 aliphatic heterocycles. The molecular formula is C18H26ClN3O4. The smallest absolute Gasteiger partial charge is 0.255 e.